The van der Waals surface area contributed by atoms with Crippen molar-refractivity contribution in [2.75, 3.05) is 5.75 Å². The third-order valence-electron chi connectivity index (χ3n) is 1.10. The molecular weight excluding hydrogens is 216 g/mol. The monoisotopic (exact) mass is 220 g/mol. The maximum Gasteiger partial charge on any atom is 0.313 e. The van der Waals surface area contributed by atoms with E-state index in [9.17, 15) is 9.59 Å². The van der Waals surface area contributed by atoms with Gasteiger partial charge in [-0.3, -0.25) is 9.59 Å². The number of hydrogen-bond acceptors (Lipinski definition) is 4. The summed E-state index contributed by atoms with van der Waals surface area (Å²) in [6.45, 7) is 0. The van der Waals surface area contributed by atoms with Crippen molar-refractivity contribution in [3.63, 3.8) is 0 Å². The van der Waals surface area contributed by atoms with Crippen LogP contribution in [0.3, 0.4) is 0 Å². The summed E-state index contributed by atoms with van der Waals surface area (Å²) in [5.74, 6) is -1.15. The highest BCUT2D eigenvalue weighted by molar-refractivity contribution is 8.00. The maximum atomic E-state index is 10.9. The predicted molar refractivity (Wildman–Crippen MR) is 48.2 cm³/mol. The number of nitrogens with one attached hydrogen (secondary N) is 1. The molecule has 0 radical (unpaired) electrons. The van der Waals surface area contributed by atoms with E-state index in [1.807, 2.05) is 0 Å². The summed E-state index contributed by atoms with van der Waals surface area (Å²) in [5.41, 5.74) is -0.468. The molecule has 70 valence electrons. The quantitative estimate of drug-likeness (QED) is 0.576. The van der Waals surface area contributed by atoms with Crippen LogP contribution in [0.2, 0.25) is 5.02 Å². The molecule has 1 heterocycles. The number of nitrogens with zero attached hydrogens (tertiary/aromatic N) is 1. The molecule has 0 fully saturated rings. The van der Waals surface area contributed by atoms with Crippen LogP contribution in [0.4, 0.5) is 0 Å². The molecule has 13 heavy (non-hydrogen) atoms. The van der Waals surface area contributed by atoms with Crippen LogP contribution in [0.25, 0.3) is 0 Å². The fourth-order valence-corrected chi connectivity index (χ4v) is 1.47. The zero-order chi connectivity index (χ0) is 9.84. The second-order valence-corrected chi connectivity index (χ2v) is 3.38. The van der Waals surface area contributed by atoms with Gasteiger partial charge in [0.15, 0.2) is 0 Å². The molecule has 7 heteroatoms. The molecule has 1 aromatic rings. The van der Waals surface area contributed by atoms with E-state index in [0.717, 1.165) is 11.8 Å². The average Bonchev–Trinajstić information content (AvgIpc) is 2.07. The Kier molecular flexibility index (Phi) is 3.32. The first-order chi connectivity index (χ1) is 6.11. The van der Waals surface area contributed by atoms with Gasteiger partial charge >= 0.3 is 5.97 Å². The van der Waals surface area contributed by atoms with E-state index < -0.39 is 11.5 Å². The van der Waals surface area contributed by atoms with Crippen molar-refractivity contribution < 1.29 is 9.90 Å². The summed E-state index contributed by atoms with van der Waals surface area (Å²) in [4.78, 5) is 27.1. The molecule has 0 amide bonds. The standard InChI is InChI=1S/C6H5ClN2O3S/c7-4-5(12)8-2-9-6(4)13-1-3(10)11/h2H,1H2,(H,10,11)(H,8,9,12). The maximum absolute atomic E-state index is 10.9. The number of hydrogen-bond donors (Lipinski definition) is 2. The van der Waals surface area contributed by atoms with Gasteiger partial charge in [-0.2, -0.15) is 0 Å². The molecule has 0 aliphatic carbocycles. The van der Waals surface area contributed by atoms with Crippen molar-refractivity contribution in [3.8, 4) is 0 Å². The number of carbonyl (C=O) groups is 1. The summed E-state index contributed by atoms with van der Waals surface area (Å²) in [7, 11) is 0. The van der Waals surface area contributed by atoms with Gasteiger partial charge in [0.2, 0.25) is 0 Å². The number of aromatic amines is 1. The van der Waals surface area contributed by atoms with Crippen LogP contribution in [0, 0.1) is 0 Å². The van der Waals surface area contributed by atoms with Crippen LogP contribution >= 0.6 is 23.4 Å². The van der Waals surface area contributed by atoms with Gasteiger partial charge in [0.1, 0.15) is 10.0 Å². The smallest absolute Gasteiger partial charge is 0.313 e. The van der Waals surface area contributed by atoms with E-state index in [1.165, 1.54) is 6.33 Å². The van der Waals surface area contributed by atoms with E-state index in [2.05, 4.69) is 9.97 Å². The molecule has 0 aliphatic heterocycles. The van der Waals surface area contributed by atoms with Crippen molar-refractivity contribution in [1.82, 2.24) is 9.97 Å². The lowest BCUT2D eigenvalue weighted by Gasteiger charge is -1.97. The number of thioether (sulfide) groups is 1. The molecule has 0 bridgehead atoms. The van der Waals surface area contributed by atoms with Crippen molar-refractivity contribution in [1.29, 1.82) is 0 Å². The van der Waals surface area contributed by atoms with Crippen molar-refractivity contribution in [3.05, 3.63) is 21.7 Å². The Bertz CT molecular complexity index is 378. The number of rotatable bonds is 3. The first-order valence-corrected chi connectivity index (χ1v) is 4.55. The predicted octanol–water partition coefficient (Wildman–Crippen LogP) is 0.600. The van der Waals surface area contributed by atoms with Crippen LogP contribution in [0.15, 0.2) is 16.1 Å². The summed E-state index contributed by atoms with van der Waals surface area (Å²) < 4.78 is 0. The van der Waals surface area contributed by atoms with Gasteiger partial charge in [0, 0.05) is 0 Å². The molecule has 2 N–H and O–H groups in total. The van der Waals surface area contributed by atoms with Crippen LogP contribution in [-0.2, 0) is 4.79 Å². The van der Waals surface area contributed by atoms with E-state index in [4.69, 9.17) is 16.7 Å². The molecule has 0 saturated carbocycles. The van der Waals surface area contributed by atoms with E-state index in [-0.39, 0.29) is 15.8 Å². The van der Waals surface area contributed by atoms with E-state index in [1.54, 1.807) is 0 Å². The molecule has 0 unspecified atom stereocenters. The first-order valence-electron chi connectivity index (χ1n) is 3.19. The van der Waals surface area contributed by atoms with E-state index >= 15 is 0 Å². The summed E-state index contributed by atoms with van der Waals surface area (Å²) >= 11 is 6.46. The molecule has 0 aliphatic rings. The molecular formula is C6H5ClN2O3S. The van der Waals surface area contributed by atoms with Gasteiger partial charge in [-0.15, -0.1) is 0 Å². The lowest BCUT2D eigenvalue weighted by molar-refractivity contribution is -0.133. The van der Waals surface area contributed by atoms with Gasteiger partial charge < -0.3 is 10.1 Å². The number of H-pyrrole nitrogens is 1. The second kappa shape index (κ2) is 4.29. The third kappa shape index (κ3) is 2.74. The largest absolute Gasteiger partial charge is 0.481 e. The second-order valence-electron chi connectivity index (χ2n) is 2.03. The van der Waals surface area contributed by atoms with Gasteiger partial charge in [0.25, 0.3) is 5.56 Å². The number of halogens is 1. The summed E-state index contributed by atoms with van der Waals surface area (Å²) in [5, 5.41) is 8.51. The topological polar surface area (TPSA) is 83.0 Å². The van der Waals surface area contributed by atoms with Crippen molar-refractivity contribution in [2.45, 2.75) is 5.03 Å². The van der Waals surface area contributed by atoms with E-state index in [0.29, 0.717) is 0 Å². The molecule has 1 aromatic heterocycles. The van der Waals surface area contributed by atoms with Gasteiger partial charge in [-0.05, 0) is 0 Å². The normalized spacial score (nSPS) is 9.92. The summed E-state index contributed by atoms with van der Waals surface area (Å²) in [6.07, 6.45) is 1.18. The van der Waals surface area contributed by atoms with Crippen LogP contribution in [0.1, 0.15) is 0 Å². The van der Waals surface area contributed by atoms with Crippen LogP contribution in [-0.4, -0.2) is 26.8 Å². The Labute approximate surface area is 82.1 Å². The molecule has 0 aromatic carbocycles. The van der Waals surface area contributed by atoms with Crippen molar-refractivity contribution >= 4 is 29.3 Å². The molecule has 0 spiro atoms. The Morgan fingerprint density at radius 1 is 1.77 bits per heavy atom. The Hall–Kier alpha value is -1.01. The van der Waals surface area contributed by atoms with Crippen LogP contribution < -0.4 is 5.56 Å². The summed E-state index contributed by atoms with van der Waals surface area (Å²) in [6, 6.07) is 0. The van der Waals surface area contributed by atoms with Crippen LogP contribution in [0.5, 0.6) is 0 Å². The van der Waals surface area contributed by atoms with Gasteiger partial charge in [0.05, 0.1) is 12.1 Å². The third-order valence-corrected chi connectivity index (χ3v) is 2.53. The average molecular weight is 221 g/mol. The lowest BCUT2D eigenvalue weighted by Crippen LogP contribution is -2.08. The molecule has 5 nitrogen and oxygen atoms in total. The first kappa shape index (κ1) is 10.1. The Balaban J connectivity index is 2.83. The highest BCUT2D eigenvalue weighted by Crippen LogP contribution is 2.19. The lowest BCUT2D eigenvalue weighted by atomic mass is 10.6. The zero-order valence-corrected chi connectivity index (χ0v) is 7.85. The fraction of sp³-hybridized carbons (Fsp3) is 0.167. The minimum absolute atomic E-state index is 0.0752. The minimum Gasteiger partial charge on any atom is -0.481 e. The fourth-order valence-electron chi connectivity index (χ4n) is 0.597. The number of carboxylic acid groups (broad SMARTS) is 1. The highest BCUT2D eigenvalue weighted by atomic mass is 35.5. The SMILES string of the molecule is O=C(O)CSc1nc[nH]c(=O)c1Cl. The number of carboxylic acids is 1. The number of aliphatic carboxylic acids is 1. The molecule has 1 rings (SSSR count). The molecule has 0 atom stereocenters. The zero-order valence-electron chi connectivity index (χ0n) is 6.28. The molecule has 0 saturated heterocycles. The van der Waals surface area contributed by atoms with Gasteiger partial charge in [-0.1, -0.05) is 23.4 Å². The highest BCUT2D eigenvalue weighted by Gasteiger charge is 2.07. The number of aromatic nitrogens is 2. The Morgan fingerprint density at radius 2 is 2.46 bits per heavy atom. The Morgan fingerprint density at radius 3 is 3.08 bits per heavy atom. The van der Waals surface area contributed by atoms with Crippen molar-refractivity contribution in [2.24, 2.45) is 0 Å². The van der Waals surface area contributed by atoms with Gasteiger partial charge in [-0.25, -0.2) is 4.98 Å². The minimum atomic E-state index is -0.983.